The number of H-pyrrole nitrogens is 1. The molecule has 0 unspecified atom stereocenters. The van der Waals surface area contributed by atoms with E-state index in [2.05, 4.69) is 4.98 Å². The molecule has 14 heavy (non-hydrogen) atoms. The van der Waals surface area contributed by atoms with Crippen LogP contribution in [-0.4, -0.2) is 16.1 Å². The lowest BCUT2D eigenvalue weighted by molar-refractivity contribution is -0.135. The molecule has 0 saturated carbocycles. The molecule has 0 amide bonds. The molecule has 72 valence electrons. The normalized spacial score (nSPS) is 14.4. The lowest BCUT2D eigenvalue weighted by Gasteiger charge is -1.98. The molecule has 2 rings (SSSR count). The third kappa shape index (κ3) is 1.62. The van der Waals surface area contributed by atoms with Crippen molar-refractivity contribution in [1.29, 1.82) is 0 Å². The van der Waals surface area contributed by atoms with Gasteiger partial charge in [-0.3, -0.25) is 4.79 Å². The minimum absolute atomic E-state index is 0.103. The van der Waals surface area contributed by atoms with Gasteiger partial charge in [-0.15, -0.1) is 0 Å². The largest absolute Gasteiger partial charge is 0.481 e. The standard InChI is InChI=1S/C11H11NO2/c13-10(14)7-9-4-2-1-3-8-5-6-12-11(8)9/h1-3,5-6,12H,4,7H2,(H,13,14). The number of nitrogens with one attached hydrogen (secondary N) is 1. The average Bonchev–Trinajstić information content (AvgIpc) is 2.51. The van der Waals surface area contributed by atoms with Gasteiger partial charge in [0.25, 0.3) is 0 Å². The Morgan fingerprint density at radius 3 is 3.21 bits per heavy atom. The smallest absolute Gasteiger partial charge is 0.307 e. The van der Waals surface area contributed by atoms with E-state index in [1.54, 1.807) is 0 Å². The maximum Gasteiger partial charge on any atom is 0.307 e. The molecule has 1 heterocycles. The number of allylic oxidation sites excluding steroid dienone is 2. The molecule has 0 aliphatic heterocycles. The zero-order chi connectivity index (χ0) is 9.97. The molecule has 0 spiro atoms. The van der Waals surface area contributed by atoms with Crippen molar-refractivity contribution in [3.8, 4) is 0 Å². The van der Waals surface area contributed by atoms with Crippen molar-refractivity contribution in [3.05, 3.63) is 35.0 Å². The molecule has 1 aromatic heterocycles. The predicted molar refractivity (Wildman–Crippen MR) is 53.9 cm³/mol. The van der Waals surface area contributed by atoms with E-state index in [0.29, 0.717) is 6.42 Å². The van der Waals surface area contributed by atoms with Gasteiger partial charge in [0, 0.05) is 11.5 Å². The topological polar surface area (TPSA) is 53.1 Å². The second-order valence-electron chi connectivity index (χ2n) is 3.28. The monoisotopic (exact) mass is 189 g/mol. The molecule has 1 aliphatic carbocycles. The molecule has 3 nitrogen and oxygen atoms in total. The second-order valence-corrected chi connectivity index (χ2v) is 3.28. The van der Waals surface area contributed by atoms with Gasteiger partial charge in [-0.05, 0) is 23.3 Å². The first-order chi connectivity index (χ1) is 6.77. The van der Waals surface area contributed by atoms with Gasteiger partial charge in [-0.1, -0.05) is 18.2 Å². The van der Waals surface area contributed by atoms with E-state index in [-0.39, 0.29) is 6.42 Å². The van der Waals surface area contributed by atoms with Gasteiger partial charge in [-0.25, -0.2) is 0 Å². The van der Waals surface area contributed by atoms with Crippen LogP contribution in [0.5, 0.6) is 0 Å². The minimum atomic E-state index is -0.782. The summed E-state index contributed by atoms with van der Waals surface area (Å²) in [4.78, 5) is 13.7. The molecule has 1 aliphatic rings. The number of aromatic nitrogens is 1. The molecular weight excluding hydrogens is 178 g/mol. The molecule has 0 bridgehead atoms. The van der Waals surface area contributed by atoms with Gasteiger partial charge in [0.2, 0.25) is 0 Å². The Morgan fingerprint density at radius 2 is 2.43 bits per heavy atom. The molecule has 0 radical (unpaired) electrons. The predicted octanol–water partition coefficient (Wildman–Crippen LogP) is 0.380. The van der Waals surface area contributed by atoms with E-state index in [1.807, 2.05) is 30.5 Å². The summed E-state index contributed by atoms with van der Waals surface area (Å²) in [6, 6.07) is 1.95. The molecule has 0 aromatic carbocycles. The van der Waals surface area contributed by atoms with Crippen molar-refractivity contribution in [2.45, 2.75) is 12.8 Å². The first kappa shape index (κ1) is 8.81. The first-order valence-corrected chi connectivity index (χ1v) is 4.51. The van der Waals surface area contributed by atoms with Gasteiger partial charge in [0.1, 0.15) is 0 Å². The average molecular weight is 189 g/mol. The van der Waals surface area contributed by atoms with Crippen LogP contribution in [-0.2, 0) is 4.79 Å². The van der Waals surface area contributed by atoms with Crippen LogP contribution in [0.25, 0.3) is 11.6 Å². The summed E-state index contributed by atoms with van der Waals surface area (Å²) in [7, 11) is 0. The van der Waals surface area contributed by atoms with Crippen molar-refractivity contribution in [1.82, 2.24) is 4.98 Å². The summed E-state index contributed by atoms with van der Waals surface area (Å²) in [5.41, 5.74) is 0.933. The quantitative estimate of drug-likeness (QED) is 0.706. The molecule has 2 N–H and O–H groups in total. The lowest BCUT2D eigenvalue weighted by atomic mass is 10.1. The van der Waals surface area contributed by atoms with Gasteiger partial charge in [0.05, 0.1) is 6.42 Å². The van der Waals surface area contributed by atoms with Crippen LogP contribution in [0, 0.1) is 0 Å². The maximum absolute atomic E-state index is 10.6. The number of hydrogen-bond donors (Lipinski definition) is 2. The zero-order valence-electron chi connectivity index (χ0n) is 7.66. The van der Waals surface area contributed by atoms with Crippen molar-refractivity contribution in [2.24, 2.45) is 0 Å². The van der Waals surface area contributed by atoms with Crippen LogP contribution in [0.3, 0.4) is 0 Å². The minimum Gasteiger partial charge on any atom is -0.481 e. The van der Waals surface area contributed by atoms with Crippen LogP contribution >= 0.6 is 0 Å². The summed E-state index contributed by atoms with van der Waals surface area (Å²) < 4.78 is 0. The van der Waals surface area contributed by atoms with Gasteiger partial charge >= 0.3 is 5.97 Å². The summed E-state index contributed by atoms with van der Waals surface area (Å²) in [6.07, 6.45) is 8.57. The Labute approximate surface area is 81.1 Å². The lowest BCUT2D eigenvalue weighted by Crippen LogP contribution is -2.25. The number of carboxylic acid groups (broad SMARTS) is 1. The number of fused-ring (bicyclic) bond motifs is 1. The number of aromatic amines is 1. The Hall–Kier alpha value is -1.77. The molecule has 0 saturated heterocycles. The van der Waals surface area contributed by atoms with E-state index in [1.165, 1.54) is 0 Å². The van der Waals surface area contributed by atoms with E-state index in [4.69, 9.17) is 5.11 Å². The van der Waals surface area contributed by atoms with Crippen LogP contribution in [0.2, 0.25) is 0 Å². The van der Waals surface area contributed by atoms with E-state index >= 15 is 0 Å². The third-order valence-corrected chi connectivity index (χ3v) is 2.27. The van der Waals surface area contributed by atoms with E-state index in [9.17, 15) is 4.79 Å². The number of hydrogen-bond acceptors (Lipinski definition) is 1. The van der Waals surface area contributed by atoms with Gasteiger partial charge in [-0.2, -0.15) is 0 Å². The molecule has 1 aromatic rings. The van der Waals surface area contributed by atoms with E-state index < -0.39 is 5.97 Å². The number of carbonyl (C=O) groups is 1. The summed E-state index contributed by atoms with van der Waals surface area (Å²) >= 11 is 0. The van der Waals surface area contributed by atoms with E-state index in [0.717, 1.165) is 16.1 Å². The zero-order valence-corrected chi connectivity index (χ0v) is 7.66. The van der Waals surface area contributed by atoms with Gasteiger partial charge in [0.15, 0.2) is 0 Å². The molecular formula is C11H11NO2. The van der Waals surface area contributed by atoms with Crippen LogP contribution in [0.15, 0.2) is 24.4 Å². The summed E-state index contributed by atoms with van der Waals surface area (Å²) in [5, 5.41) is 10.8. The maximum atomic E-state index is 10.6. The molecule has 0 fully saturated rings. The Morgan fingerprint density at radius 1 is 1.57 bits per heavy atom. The molecule has 0 atom stereocenters. The van der Waals surface area contributed by atoms with Crippen LogP contribution < -0.4 is 10.6 Å². The van der Waals surface area contributed by atoms with Crippen LogP contribution in [0.1, 0.15) is 12.8 Å². The second kappa shape index (κ2) is 3.54. The summed E-state index contributed by atoms with van der Waals surface area (Å²) in [6.45, 7) is 0. The highest BCUT2D eigenvalue weighted by atomic mass is 16.4. The number of rotatable bonds is 2. The van der Waals surface area contributed by atoms with Crippen molar-refractivity contribution in [2.75, 3.05) is 0 Å². The van der Waals surface area contributed by atoms with Crippen LogP contribution in [0.4, 0.5) is 0 Å². The van der Waals surface area contributed by atoms with Gasteiger partial charge < -0.3 is 10.1 Å². The number of aliphatic carboxylic acids is 1. The first-order valence-electron chi connectivity index (χ1n) is 4.51. The Kier molecular flexibility index (Phi) is 2.23. The fourth-order valence-corrected chi connectivity index (χ4v) is 1.65. The fraction of sp³-hybridized carbons (Fsp3) is 0.182. The van der Waals surface area contributed by atoms with Crippen molar-refractivity contribution in [3.63, 3.8) is 0 Å². The Balaban J connectivity index is 2.59. The summed E-state index contributed by atoms with van der Waals surface area (Å²) in [5.74, 6) is -0.782. The Bertz CT molecular complexity index is 494. The third-order valence-electron chi connectivity index (χ3n) is 2.27. The number of carboxylic acids is 1. The highest BCUT2D eigenvalue weighted by Crippen LogP contribution is 2.07. The highest BCUT2D eigenvalue weighted by Gasteiger charge is 2.06. The van der Waals surface area contributed by atoms with Crippen molar-refractivity contribution >= 4 is 17.6 Å². The highest BCUT2D eigenvalue weighted by molar-refractivity contribution is 5.78. The van der Waals surface area contributed by atoms with Crippen molar-refractivity contribution < 1.29 is 9.90 Å². The fourth-order valence-electron chi connectivity index (χ4n) is 1.65. The molecule has 3 heteroatoms. The SMILES string of the molecule is O=C(O)CC1=c2[nH]ccc2=CC=CC1.